The van der Waals surface area contributed by atoms with E-state index in [1.54, 1.807) is 27.7 Å². The molecule has 0 radical (unpaired) electrons. The largest absolute Gasteiger partial charge is 0.471 e. The number of alkyl halides is 4. The van der Waals surface area contributed by atoms with Gasteiger partial charge in [-0.2, -0.15) is 13.2 Å². The summed E-state index contributed by atoms with van der Waals surface area (Å²) in [4.78, 5) is 43.1. The Balaban J connectivity index is 0.000000580. The Morgan fingerprint density at radius 3 is 2.00 bits per heavy atom. The average molecular weight is 585 g/mol. The molecular formula is C26H41ClF4N4O4. The molecule has 0 N–H and O–H groups in total. The van der Waals surface area contributed by atoms with Crippen LogP contribution < -0.4 is 0 Å². The minimum atomic E-state index is -4.99. The fourth-order valence-electron chi connectivity index (χ4n) is 4.85. The third kappa shape index (κ3) is 8.14. The highest BCUT2D eigenvalue weighted by molar-refractivity contribution is 6.29. The van der Waals surface area contributed by atoms with Crippen molar-refractivity contribution in [3.63, 3.8) is 0 Å². The molecule has 2 aliphatic heterocycles. The summed E-state index contributed by atoms with van der Waals surface area (Å²) >= 11 is 5.76. The van der Waals surface area contributed by atoms with Crippen LogP contribution in [-0.2, 0) is 14.3 Å². The van der Waals surface area contributed by atoms with Gasteiger partial charge < -0.3 is 19.4 Å². The third-order valence-corrected chi connectivity index (χ3v) is 7.62. The lowest BCUT2D eigenvalue weighted by atomic mass is 10.00. The molecule has 39 heavy (non-hydrogen) atoms. The van der Waals surface area contributed by atoms with Crippen molar-refractivity contribution in [3.05, 3.63) is 10.7 Å². The predicted molar refractivity (Wildman–Crippen MR) is 140 cm³/mol. The summed E-state index contributed by atoms with van der Waals surface area (Å²) in [6.45, 7) is 10.1. The number of likely N-dealkylation sites (tertiary alicyclic amines) is 1. The van der Waals surface area contributed by atoms with E-state index in [9.17, 15) is 31.9 Å². The first-order valence-electron chi connectivity index (χ1n) is 13.1. The fraction of sp³-hybridized carbons (Fsp3) is 0.808. The Kier molecular flexibility index (Phi) is 10.2. The SMILES string of the molecule is CC(C)=C(Cl)N(C)C.CC[C@H]1CN(C(=O)C(F)(F)F)C2(CC2)CN1C(=O)[C@@H]1C[C@@H](F)CN1C(=O)OC(C)(C)C. The van der Waals surface area contributed by atoms with Crippen LogP contribution in [0.2, 0.25) is 0 Å². The second-order valence-electron chi connectivity index (χ2n) is 11.8. The van der Waals surface area contributed by atoms with Crippen LogP contribution in [0, 0.1) is 0 Å². The summed E-state index contributed by atoms with van der Waals surface area (Å²) < 4.78 is 58.7. The number of halogens is 5. The summed E-state index contributed by atoms with van der Waals surface area (Å²) in [6.07, 6.45) is -6.33. The Labute approximate surface area is 233 Å². The number of hydrogen-bond acceptors (Lipinski definition) is 5. The summed E-state index contributed by atoms with van der Waals surface area (Å²) in [5, 5.41) is 0.824. The Morgan fingerprint density at radius 1 is 1.05 bits per heavy atom. The average Bonchev–Trinajstić information content (AvgIpc) is 3.46. The Morgan fingerprint density at radius 2 is 1.62 bits per heavy atom. The molecule has 0 aromatic heterocycles. The molecule has 8 nitrogen and oxygen atoms in total. The number of hydrogen-bond donors (Lipinski definition) is 0. The maximum absolute atomic E-state index is 14.2. The first-order chi connectivity index (χ1) is 17.7. The quantitative estimate of drug-likeness (QED) is 0.348. The fourth-order valence-corrected chi connectivity index (χ4v) is 4.85. The van der Waals surface area contributed by atoms with E-state index < -0.39 is 53.5 Å². The molecule has 0 bridgehead atoms. The van der Waals surface area contributed by atoms with Crippen LogP contribution in [0.5, 0.6) is 0 Å². The third-order valence-electron chi connectivity index (χ3n) is 6.91. The van der Waals surface area contributed by atoms with E-state index in [-0.39, 0.29) is 26.1 Å². The lowest BCUT2D eigenvalue weighted by Gasteiger charge is -2.48. The number of piperazine rings is 1. The maximum Gasteiger partial charge on any atom is 0.471 e. The molecule has 1 aliphatic carbocycles. The molecule has 1 saturated carbocycles. The molecule has 3 rings (SSSR count). The van der Waals surface area contributed by atoms with Crippen LogP contribution >= 0.6 is 11.6 Å². The van der Waals surface area contributed by atoms with Gasteiger partial charge in [-0.25, -0.2) is 9.18 Å². The van der Waals surface area contributed by atoms with Gasteiger partial charge in [0, 0.05) is 39.6 Å². The number of ether oxygens (including phenoxy) is 1. The van der Waals surface area contributed by atoms with Crippen molar-refractivity contribution >= 4 is 29.5 Å². The number of rotatable bonds is 3. The van der Waals surface area contributed by atoms with Gasteiger partial charge in [-0.3, -0.25) is 14.5 Å². The van der Waals surface area contributed by atoms with E-state index in [2.05, 4.69) is 0 Å². The number of nitrogens with zero attached hydrogens (tertiary/aromatic N) is 4. The molecule has 3 amide bonds. The van der Waals surface area contributed by atoms with Crippen molar-refractivity contribution in [2.75, 3.05) is 33.7 Å². The zero-order valence-corrected chi connectivity index (χ0v) is 24.7. The molecule has 13 heteroatoms. The Hall–Kier alpha value is -2.24. The second-order valence-corrected chi connectivity index (χ2v) is 12.2. The molecule has 1 spiro atoms. The summed E-state index contributed by atoms with van der Waals surface area (Å²) in [7, 11) is 3.85. The van der Waals surface area contributed by atoms with Gasteiger partial charge in [0.15, 0.2) is 0 Å². The molecule has 3 aliphatic rings. The first kappa shape index (κ1) is 33.0. The van der Waals surface area contributed by atoms with Gasteiger partial charge in [-0.1, -0.05) is 18.5 Å². The van der Waals surface area contributed by atoms with Crippen LogP contribution in [0.1, 0.15) is 67.2 Å². The monoisotopic (exact) mass is 584 g/mol. The molecule has 0 unspecified atom stereocenters. The first-order valence-corrected chi connectivity index (χ1v) is 13.4. The van der Waals surface area contributed by atoms with Gasteiger partial charge in [0.1, 0.15) is 23.0 Å². The van der Waals surface area contributed by atoms with E-state index in [0.29, 0.717) is 19.3 Å². The highest BCUT2D eigenvalue weighted by Crippen LogP contribution is 2.47. The van der Waals surface area contributed by atoms with Crippen molar-refractivity contribution in [1.29, 1.82) is 0 Å². The zero-order valence-electron chi connectivity index (χ0n) is 24.0. The smallest absolute Gasteiger partial charge is 0.444 e. The summed E-state index contributed by atoms with van der Waals surface area (Å²) in [5.41, 5.74) is -0.720. The van der Waals surface area contributed by atoms with Crippen LogP contribution in [0.15, 0.2) is 10.7 Å². The van der Waals surface area contributed by atoms with Gasteiger partial charge in [0.25, 0.3) is 0 Å². The summed E-state index contributed by atoms with van der Waals surface area (Å²) in [5.74, 6) is -2.40. The molecule has 0 aromatic carbocycles. The van der Waals surface area contributed by atoms with Crippen molar-refractivity contribution in [2.45, 2.75) is 103 Å². The van der Waals surface area contributed by atoms with Crippen molar-refractivity contribution in [2.24, 2.45) is 0 Å². The van der Waals surface area contributed by atoms with Crippen LogP contribution in [0.4, 0.5) is 22.4 Å². The molecule has 2 saturated heterocycles. The number of carbonyl (C=O) groups excluding carboxylic acids is 3. The van der Waals surface area contributed by atoms with Gasteiger partial charge in [-0.05, 0) is 59.5 Å². The molecular weight excluding hydrogens is 544 g/mol. The second kappa shape index (κ2) is 12.1. The van der Waals surface area contributed by atoms with Crippen LogP contribution in [-0.4, -0.2) is 107 Å². The lowest BCUT2D eigenvalue weighted by Crippen LogP contribution is -2.66. The zero-order chi connectivity index (χ0) is 30.1. The van der Waals surface area contributed by atoms with E-state index in [4.69, 9.17) is 16.3 Å². The van der Waals surface area contributed by atoms with Crippen molar-refractivity contribution < 1.29 is 36.7 Å². The molecule has 224 valence electrons. The molecule has 2 heterocycles. The maximum atomic E-state index is 14.2. The van der Waals surface area contributed by atoms with Crippen molar-refractivity contribution in [3.8, 4) is 0 Å². The molecule has 3 atom stereocenters. The number of allylic oxidation sites excluding steroid dienone is 1. The summed E-state index contributed by atoms with van der Waals surface area (Å²) in [6, 6.07) is -1.73. The van der Waals surface area contributed by atoms with E-state index >= 15 is 0 Å². The Bertz CT molecular complexity index is 959. The van der Waals surface area contributed by atoms with Crippen LogP contribution in [0.3, 0.4) is 0 Å². The topological polar surface area (TPSA) is 73.4 Å². The van der Waals surface area contributed by atoms with E-state index in [1.807, 2.05) is 32.8 Å². The minimum Gasteiger partial charge on any atom is -0.444 e. The van der Waals surface area contributed by atoms with E-state index in [0.717, 1.165) is 20.5 Å². The number of carbonyl (C=O) groups is 3. The van der Waals surface area contributed by atoms with E-state index in [1.165, 1.54) is 4.90 Å². The van der Waals surface area contributed by atoms with Crippen molar-refractivity contribution in [1.82, 2.24) is 19.6 Å². The van der Waals surface area contributed by atoms with Gasteiger partial charge >= 0.3 is 18.2 Å². The van der Waals surface area contributed by atoms with Gasteiger partial charge in [-0.15, -0.1) is 0 Å². The molecule has 3 fully saturated rings. The van der Waals surface area contributed by atoms with Gasteiger partial charge in [0.2, 0.25) is 5.91 Å². The highest BCUT2D eigenvalue weighted by Gasteiger charge is 2.60. The standard InChI is InChI=1S/C20H29F4N3O4.C6H12ClN/c1-5-13-10-27(16(29)20(22,23)24)19(6-7-19)11-26(13)15(28)14-8-12(21)9-25(14)17(30)31-18(2,3)4;1-5(2)6(7)8(3)4/h12-14H,5-11H2,1-4H3;1-4H3/t12-,13+,14+;/m1./s1. The van der Waals surface area contributed by atoms with Gasteiger partial charge in [0.05, 0.1) is 12.1 Å². The normalized spacial score (nSPS) is 24.1. The lowest BCUT2D eigenvalue weighted by molar-refractivity contribution is -0.193. The minimum absolute atomic E-state index is 0.0538. The molecule has 0 aromatic rings. The highest BCUT2D eigenvalue weighted by atomic mass is 35.5. The predicted octanol–water partition coefficient (Wildman–Crippen LogP) is 4.92. The van der Waals surface area contributed by atoms with Crippen LogP contribution in [0.25, 0.3) is 0 Å². The number of amides is 3.